The Morgan fingerprint density at radius 3 is 1.92 bits per heavy atom. The monoisotopic (exact) mass is 350 g/mol. The van der Waals surface area contributed by atoms with Crippen molar-refractivity contribution >= 4 is 7.82 Å². The second-order valence-corrected chi connectivity index (χ2v) is 6.35. The summed E-state index contributed by atoms with van der Waals surface area (Å²) in [5, 5.41) is 0. The van der Waals surface area contributed by atoms with Crippen molar-refractivity contribution in [2.45, 2.75) is 19.4 Å². The number of benzene rings is 2. The molecule has 24 heavy (non-hydrogen) atoms. The van der Waals surface area contributed by atoms with Crippen molar-refractivity contribution in [2.24, 2.45) is 0 Å². The third-order valence-corrected chi connectivity index (χ3v) is 3.89. The Balaban J connectivity index is 1.96. The molecular weight excluding hydrogens is 331 g/mol. The Labute approximate surface area is 141 Å². The van der Waals surface area contributed by atoms with Gasteiger partial charge < -0.3 is 28.3 Å². The fourth-order valence-corrected chi connectivity index (χ4v) is 2.42. The first-order valence-corrected chi connectivity index (χ1v) is 8.91. The van der Waals surface area contributed by atoms with Gasteiger partial charge in [0.25, 0.3) is 0 Å². The molecule has 2 rings (SSSR count). The van der Waals surface area contributed by atoms with Gasteiger partial charge >= 0.3 is 0 Å². The first-order valence-electron chi connectivity index (χ1n) is 7.45. The van der Waals surface area contributed by atoms with Crippen LogP contribution in [0.3, 0.4) is 0 Å². The largest absolute Gasteiger partial charge is 0.780 e. The fourth-order valence-electron chi connectivity index (χ4n) is 2.04. The fraction of sp³-hybridized carbons (Fsp3) is 0.294. The van der Waals surface area contributed by atoms with Crippen LogP contribution >= 0.6 is 7.82 Å². The van der Waals surface area contributed by atoms with Crippen molar-refractivity contribution in [3.05, 3.63) is 48.5 Å². The average Bonchev–Trinajstić information content (AvgIpc) is 2.54. The van der Waals surface area contributed by atoms with Gasteiger partial charge in [-0.2, -0.15) is 0 Å². The molecule has 0 aromatic heterocycles. The van der Waals surface area contributed by atoms with Crippen LogP contribution in [0.4, 0.5) is 0 Å². The first-order chi connectivity index (χ1) is 11.4. The maximum Gasteiger partial charge on any atom is 0.124 e. The number of methoxy groups -OCH3 is 1. The summed E-state index contributed by atoms with van der Waals surface area (Å²) in [6.45, 7) is 2.56. The summed E-state index contributed by atoms with van der Waals surface area (Å²) in [6.07, 6.45) is 0.965. The zero-order chi connectivity index (χ0) is 17.6. The van der Waals surface area contributed by atoms with Gasteiger partial charge in [-0.15, -0.1) is 0 Å². The standard InChI is InChI=1S/C17H21O6P/c1-13(21-2)11-12-22-16-7-3-14(4-8-16)15-5-9-17(10-6-15)23-24(18,19)20/h3-10,13H,11-12H2,1-2H3,(H2,18,19,20)/p-2. The number of phosphoric acid groups is 1. The minimum Gasteiger partial charge on any atom is -0.780 e. The van der Waals surface area contributed by atoms with Crippen LogP contribution < -0.4 is 19.0 Å². The van der Waals surface area contributed by atoms with Gasteiger partial charge in [0.05, 0.1) is 12.7 Å². The van der Waals surface area contributed by atoms with Gasteiger partial charge in [0, 0.05) is 13.5 Å². The Morgan fingerprint density at radius 1 is 0.958 bits per heavy atom. The number of phosphoric ester groups is 1. The van der Waals surface area contributed by atoms with Crippen LogP contribution in [0.15, 0.2) is 48.5 Å². The molecule has 0 aliphatic carbocycles. The van der Waals surface area contributed by atoms with Crippen LogP contribution in [-0.2, 0) is 9.30 Å². The highest BCUT2D eigenvalue weighted by atomic mass is 31.2. The van der Waals surface area contributed by atoms with Gasteiger partial charge in [0.1, 0.15) is 19.3 Å². The number of hydrogen-bond acceptors (Lipinski definition) is 6. The summed E-state index contributed by atoms with van der Waals surface area (Å²) in [4.78, 5) is 21.1. The van der Waals surface area contributed by atoms with Crippen LogP contribution in [-0.4, -0.2) is 19.8 Å². The Bertz CT molecular complexity index is 677. The van der Waals surface area contributed by atoms with Gasteiger partial charge in [-0.25, -0.2) is 0 Å². The summed E-state index contributed by atoms with van der Waals surface area (Å²) < 4.78 is 25.7. The van der Waals surface area contributed by atoms with Crippen molar-refractivity contribution in [1.82, 2.24) is 0 Å². The van der Waals surface area contributed by atoms with E-state index in [1.54, 1.807) is 19.2 Å². The first kappa shape index (κ1) is 18.5. The Hall–Kier alpha value is -1.85. The minimum atomic E-state index is -5.03. The molecule has 0 N–H and O–H groups in total. The van der Waals surface area contributed by atoms with E-state index in [1.165, 1.54) is 12.1 Å². The van der Waals surface area contributed by atoms with E-state index in [0.717, 1.165) is 23.3 Å². The van der Waals surface area contributed by atoms with Crippen LogP contribution in [0.2, 0.25) is 0 Å². The lowest BCUT2D eigenvalue weighted by Gasteiger charge is -2.28. The minimum absolute atomic E-state index is 0.000648. The lowest BCUT2D eigenvalue weighted by molar-refractivity contribution is -0.333. The molecule has 0 amide bonds. The quantitative estimate of drug-likeness (QED) is 0.679. The van der Waals surface area contributed by atoms with Crippen LogP contribution in [0.25, 0.3) is 11.1 Å². The number of ether oxygens (including phenoxy) is 2. The predicted molar refractivity (Wildman–Crippen MR) is 86.7 cm³/mol. The van der Waals surface area contributed by atoms with Crippen molar-refractivity contribution in [3.8, 4) is 22.6 Å². The molecule has 0 radical (unpaired) electrons. The highest BCUT2D eigenvalue weighted by Gasteiger charge is 2.03. The topological polar surface area (TPSA) is 90.9 Å². The van der Waals surface area contributed by atoms with Crippen molar-refractivity contribution in [1.29, 1.82) is 0 Å². The Kier molecular flexibility index (Phi) is 6.40. The maximum atomic E-state index is 10.6. The van der Waals surface area contributed by atoms with Crippen LogP contribution in [0, 0.1) is 0 Å². The van der Waals surface area contributed by atoms with E-state index >= 15 is 0 Å². The summed E-state index contributed by atoms with van der Waals surface area (Å²) in [5.41, 5.74) is 1.81. The zero-order valence-corrected chi connectivity index (χ0v) is 14.4. The van der Waals surface area contributed by atoms with Crippen LogP contribution in [0.5, 0.6) is 11.5 Å². The molecule has 1 unspecified atom stereocenters. The molecule has 130 valence electrons. The van der Waals surface area contributed by atoms with E-state index in [-0.39, 0.29) is 11.9 Å². The Morgan fingerprint density at radius 2 is 1.46 bits per heavy atom. The predicted octanol–water partition coefficient (Wildman–Crippen LogP) is 2.36. The van der Waals surface area contributed by atoms with Gasteiger partial charge in [-0.05, 0) is 42.3 Å². The number of rotatable bonds is 8. The normalized spacial score (nSPS) is 12.7. The summed E-state index contributed by atoms with van der Waals surface area (Å²) in [6, 6.07) is 13.8. The van der Waals surface area contributed by atoms with Crippen molar-refractivity contribution < 1.29 is 28.3 Å². The average molecular weight is 350 g/mol. The van der Waals surface area contributed by atoms with Crippen molar-refractivity contribution in [2.75, 3.05) is 13.7 Å². The molecule has 2 aromatic rings. The highest BCUT2D eigenvalue weighted by Crippen LogP contribution is 2.31. The molecule has 0 bridgehead atoms. The molecule has 0 saturated heterocycles. The molecular formula is C17H19O6P-2. The molecule has 0 fully saturated rings. The highest BCUT2D eigenvalue weighted by molar-refractivity contribution is 7.43. The maximum absolute atomic E-state index is 10.6. The molecule has 0 aliphatic heterocycles. The van der Waals surface area contributed by atoms with Gasteiger partial charge in [0.15, 0.2) is 0 Å². The molecule has 0 heterocycles. The van der Waals surface area contributed by atoms with Gasteiger partial charge in [-0.3, -0.25) is 0 Å². The van der Waals surface area contributed by atoms with E-state index in [9.17, 15) is 14.4 Å². The van der Waals surface area contributed by atoms with E-state index in [0.29, 0.717) is 6.61 Å². The van der Waals surface area contributed by atoms with Gasteiger partial charge in [-0.1, -0.05) is 24.3 Å². The third kappa shape index (κ3) is 5.98. The van der Waals surface area contributed by atoms with E-state index in [2.05, 4.69) is 4.52 Å². The lowest BCUT2D eigenvalue weighted by Crippen LogP contribution is -2.18. The molecule has 0 spiro atoms. The van der Waals surface area contributed by atoms with Crippen molar-refractivity contribution in [3.63, 3.8) is 0 Å². The third-order valence-electron chi connectivity index (χ3n) is 3.45. The van der Waals surface area contributed by atoms with E-state index in [1.807, 2.05) is 31.2 Å². The summed E-state index contributed by atoms with van der Waals surface area (Å²) >= 11 is 0. The van der Waals surface area contributed by atoms with Gasteiger partial charge in [0.2, 0.25) is 0 Å². The second kappa shape index (κ2) is 8.31. The SMILES string of the molecule is COC(C)CCOc1ccc(-c2ccc(OP(=O)([O-])[O-])cc2)cc1. The zero-order valence-electron chi connectivity index (χ0n) is 13.5. The number of hydrogen-bond donors (Lipinski definition) is 0. The van der Waals surface area contributed by atoms with E-state index < -0.39 is 7.82 Å². The van der Waals surface area contributed by atoms with E-state index in [4.69, 9.17) is 9.47 Å². The summed E-state index contributed by atoms with van der Waals surface area (Å²) in [7, 11) is -3.36. The molecule has 0 aliphatic rings. The summed E-state index contributed by atoms with van der Waals surface area (Å²) in [5.74, 6) is 0.764. The smallest absolute Gasteiger partial charge is 0.124 e. The molecule has 7 heteroatoms. The van der Waals surface area contributed by atoms with Crippen LogP contribution in [0.1, 0.15) is 13.3 Å². The molecule has 6 nitrogen and oxygen atoms in total. The second-order valence-electron chi connectivity index (χ2n) is 5.27. The lowest BCUT2D eigenvalue weighted by atomic mass is 10.1. The molecule has 0 saturated carbocycles. The molecule has 1 atom stereocenters. The molecule has 2 aromatic carbocycles.